The third-order valence-electron chi connectivity index (χ3n) is 3.92. The number of anilines is 3. The molecule has 1 aliphatic rings. The summed E-state index contributed by atoms with van der Waals surface area (Å²) in [4.78, 5) is 6.52. The first kappa shape index (κ1) is 16.5. The lowest BCUT2D eigenvalue weighted by molar-refractivity contribution is -0.137. The molecule has 24 heavy (non-hydrogen) atoms. The molecule has 1 N–H and O–H groups in total. The molecule has 0 unspecified atom stereocenters. The van der Waals surface area contributed by atoms with E-state index in [-0.39, 0.29) is 0 Å². The van der Waals surface area contributed by atoms with Crippen molar-refractivity contribution < 1.29 is 13.2 Å². The maximum atomic E-state index is 12.6. The molecular weight excluding hydrogens is 319 g/mol. The Hall–Kier alpha value is -2.38. The van der Waals surface area contributed by atoms with Crippen LogP contribution in [-0.2, 0) is 6.18 Å². The van der Waals surface area contributed by atoms with Gasteiger partial charge < -0.3 is 10.2 Å². The Bertz CT molecular complexity index is 664. The van der Waals surface area contributed by atoms with Gasteiger partial charge in [-0.05, 0) is 37.1 Å². The third kappa shape index (κ3) is 4.12. The van der Waals surface area contributed by atoms with E-state index in [1.165, 1.54) is 31.2 Å². The summed E-state index contributed by atoms with van der Waals surface area (Å²) in [6.45, 7) is 1.79. The number of nitrogens with zero attached hydrogens (tertiary/aromatic N) is 4. The number of alkyl halides is 3. The van der Waals surface area contributed by atoms with Gasteiger partial charge in [0.1, 0.15) is 0 Å². The van der Waals surface area contributed by atoms with Crippen LogP contribution in [0.2, 0.25) is 0 Å². The molecule has 8 heteroatoms. The van der Waals surface area contributed by atoms with Crippen LogP contribution in [0.4, 0.5) is 30.6 Å². The summed E-state index contributed by atoms with van der Waals surface area (Å²) in [6.07, 6.45) is 1.72. The number of nitrogens with one attached hydrogen (secondary N) is 1. The van der Waals surface area contributed by atoms with Crippen LogP contribution in [-0.4, -0.2) is 28.3 Å². The van der Waals surface area contributed by atoms with Gasteiger partial charge in [0.05, 0.1) is 11.8 Å². The Morgan fingerprint density at radius 3 is 2.25 bits per heavy atom. The maximum Gasteiger partial charge on any atom is 0.416 e. The molecule has 0 radical (unpaired) electrons. The SMILES string of the molecule is FC(F)(F)c1ccc(Nc2cnnc(N3CCCCCC3)n2)cc1. The first-order valence-corrected chi connectivity index (χ1v) is 7.91. The van der Waals surface area contributed by atoms with E-state index >= 15 is 0 Å². The number of hydrogen-bond donors (Lipinski definition) is 1. The molecule has 1 fully saturated rings. The minimum absolute atomic E-state index is 0.462. The molecule has 0 saturated carbocycles. The molecule has 1 aromatic carbocycles. The Morgan fingerprint density at radius 1 is 0.958 bits per heavy atom. The largest absolute Gasteiger partial charge is 0.416 e. The lowest BCUT2D eigenvalue weighted by atomic mass is 10.2. The topological polar surface area (TPSA) is 53.9 Å². The maximum absolute atomic E-state index is 12.6. The second-order valence-corrected chi connectivity index (χ2v) is 5.74. The monoisotopic (exact) mass is 337 g/mol. The first-order valence-electron chi connectivity index (χ1n) is 7.91. The summed E-state index contributed by atoms with van der Waals surface area (Å²) in [5.41, 5.74) is -0.163. The summed E-state index contributed by atoms with van der Waals surface area (Å²) >= 11 is 0. The van der Waals surface area contributed by atoms with E-state index < -0.39 is 11.7 Å². The van der Waals surface area contributed by atoms with Crippen molar-refractivity contribution in [3.63, 3.8) is 0 Å². The fraction of sp³-hybridized carbons (Fsp3) is 0.438. The normalized spacial score (nSPS) is 15.9. The average molecular weight is 337 g/mol. The van der Waals surface area contributed by atoms with E-state index in [2.05, 4.69) is 25.4 Å². The van der Waals surface area contributed by atoms with Gasteiger partial charge in [-0.15, -0.1) is 5.10 Å². The molecule has 1 aliphatic heterocycles. The van der Waals surface area contributed by atoms with Crippen molar-refractivity contribution >= 4 is 17.5 Å². The van der Waals surface area contributed by atoms with Crippen LogP contribution in [0.3, 0.4) is 0 Å². The van der Waals surface area contributed by atoms with Gasteiger partial charge >= 0.3 is 6.18 Å². The molecule has 0 spiro atoms. The Balaban J connectivity index is 1.72. The number of aromatic nitrogens is 3. The van der Waals surface area contributed by atoms with Gasteiger partial charge in [-0.2, -0.15) is 23.3 Å². The number of halogens is 3. The highest BCUT2D eigenvalue weighted by Gasteiger charge is 2.29. The van der Waals surface area contributed by atoms with Crippen molar-refractivity contribution in [2.24, 2.45) is 0 Å². The first-order chi connectivity index (χ1) is 11.5. The molecular formula is C16H18F3N5. The lowest BCUT2D eigenvalue weighted by Gasteiger charge is -2.19. The predicted octanol–water partition coefficient (Wildman–Crippen LogP) is 4.01. The fourth-order valence-electron chi connectivity index (χ4n) is 2.65. The molecule has 128 valence electrons. The zero-order valence-corrected chi connectivity index (χ0v) is 13.1. The molecule has 1 saturated heterocycles. The van der Waals surface area contributed by atoms with Gasteiger partial charge in [-0.1, -0.05) is 12.8 Å². The van der Waals surface area contributed by atoms with E-state index in [1.54, 1.807) is 0 Å². The molecule has 1 aromatic heterocycles. The minimum atomic E-state index is -4.34. The summed E-state index contributed by atoms with van der Waals surface area (Å²) in [6, 6.07) is 4.81. The van der Waals surface area contributed by atoms with Gasteiger partial charge in [-0.3, -0.25) is 0 Å². The fourth-order valence-corrected chi connectivity index (χ4v) is 2.65. The molecule has 2 aromatic rings. The smallest absolute Gasteiger partial charge is 0.339 e. The van der Waals surface area contributed by atoms with Gasteiger partial charge in [0.2, 0.25) is 5.95 Å². The quantitative estimate of drug-likeness (QED) is 0.917. The predicted molar refractivity (Wildman–Crippen MR) is 85.2 cm³/mol. The molecule has 0 atom stereocenters. The average Bonchev–Trinajstić information content (AvgIpc) is 2.84. The molecule has 2 heterocycles. The van der Waals surface area contributed by atoms with Crippen LogP contribution in [0.15, 0.2) is 30.5 Å². The van der Waals surface area contributed by atoms with Crippen LogP contribution in [0.1, 0.15) is 31.2 Å². The highest BCUT2D eigenvalue weighted by molar-refractivity contribution is 5.56. The van der Waals surface area contributed by atoms with Crippen LogP contribution < -0.4 is 10.2 Å². The summed E-state index contributed by atoms with van der Waals surface area (Å²) in [5.74, 6) is 1.01. The zero-order valence-electron chi connectivity index (χ0n) is 13.1. The van der Waals surface area contributed by atoms with Crippen LogP contribution >= 0.6 is 0 Å². The Kier molecular flexibility index (Phi) is 4.82. The zero-order chi connectivity index (χ0) is 17.0. The molecule has 5 nitrogen and oxygen atoms in total. The Labute approximate surface area is 137 Å². The van der Waals surface area contributed by atoms with Gasteiger partial charge in [-0.25, -0.2) is 0 Å². The molecule has 3 rings (SSSR count). The van der Waals surface area contributed by atoms with Crippen molar-refractivity contribution in [1.29, 1.82) is 0 Å². The molecule has 0 amide bonds. The van der Waals surface area contributed by atoms with Crippen LogP contribution in [0, 0.1) is 0 Å². The standard InChI is InChI=1S/C16H18F3N5/c17-16(18,19)12-5-7-13(8-6-12)21-14-11-20-23-15(22-14)24-9-3-1-2-4-10-24/h5-8,11H,1-4,9-10H2,(H,21,22,23). The van der Waals surface area contributed by atoms with E-state index in [9.17, 15) is 13.2 Å². The van der Waals surface area contributed by atoms with Gasteiger partial charge in [0.15, 0.2) is 5.82 Å². The third-order valence-corrected chi connectivity index (χ3v) is 3.92. The van der Waals surface area contributed by atoms with Crippen molar-refractivity contribution in [2.75, 3.05) is 23.3 Å². The number of hydrogen-bond acceptors (Lipinski definition) is 5. The Morgan fingerprint density at radius 2 is 1.62 bits per heavy atom. The summed E-state index contributed by atoms with van der Waals surface area (Å²) < 4.78 is 37.7. The van der Waals surface area contributed by atoms with Crippen LogP contribution in [0.25, 0.3) is 0 Å². The van der Waals surface area contributed by atoms with E-state index in [1.807, 2.05) is 0 Å². The minimum Gasteiger partial charge on any atom is -0.339 e. The summed E-state index contributed by atoms with van der Waals surface area (Å²) in [7, 11) is 0. The van der Waals surface area contributed by atoms with Crippen molar-refractivity contribution in [1.82, 2.24) is 15.2 Å². The number of benzene rings is 1. The number of rotatable bonds is 3. The highest BCUT2D eigenvalue weighted by atomic mass is 19.4. The van der Waals surface area contributed by atoms with Crippen molar-refractivity contribution in [3.05, 3.63) is 36.0 Å². The van der Waals surface area contributed by atoms with Gasteiger partial charge in [0.25, 0.3) is 0 Å². The second-order valence-electron chi connectivity index (χ2n) is 5.74. The second kappa shape index (κ2) is 7.02. The van der Waals surface area contributed by atoms with Crippen molar-refractivity contribution in [2.45, 2.75) is 31.9 Å². The van der Waals surface area contributed by atoms with Gasteiger partial charge in [0, 0.05) is 18.8 Å². The highest BCUT2D eigenvalue weighted by Crippen LogP contribution is 2.30. The van der Waals surface area contributed by atoms with Crippen LogP contribution in [0.5, 0.6) is 0 Å². The lowest BCUT2D eigenvalue weighted by Crippen LogP contribution is -2.26. The van der Waals surface area contributed by atoms with E-state index in [0.717, 1.165) is 38.1 Å². The van der Waals surface area contributed by atoms with E-state index in [0.29, 0.717) is 17.5 Å². The molecule has 0 aliphatic carbocycles. The molecule has 0 bridgehead atoms. The summed E-state index contributed by atoms with van der Waals surface area (Å²) in [5, 5.41) is 11.0. The van der Waals surface area contributed by atoms with Crippen molar-refractivity contribution in [3.8, 4) is 0 Å². The van der Waals surface area contributed by atoms with E-state index in [4.69, 9.17) is 0 Å².